The van der Waals surface area contributed by atoms with Crippen LogP contribution in [-0.4, -0.2) is 30.8 Å². The molecule has 3 aromatic rings. The van der Waals surface area contributed by atoms with Gasteiger partial charge >= 0.3 is 6.18 Å². The number of anilines is 1. The molecule has 1 heterocycles. The van der Waals surface area contributed by atoms with E-state index in [2.05, 4.69) is 9.97 Å². The first-order valence-electron chi connectivity index (χ1n) is 9.25. The molecule has 0 aliphatic carbocycles. The lowest BCUT2D eigenvalue weighted by Crippen LogP contribution is -2.33. The van der Waals surface area contributed by atoms with Crippen molar-refractivity contribution in [2.45, 2.75) is 19.1 Å². The van der Waals surface area contributed by atoms with E-state index in [1.54, 1.807) is 12.1 Å². The van der Waals surface area contributed by atoms with Crippen molar-refractivity contribution in [3.8, 4) is 0 Å². The van der Waals surface area contributed by atoms with Crippen LogP contribution in [0.2, 0.25) is 0 Å². The molecule has 0 aliphatic rings. The van der Waals surface area contributed by atoms with Gasteiger partial charge < -0.3 is 0 Å². The summed E-state index contributed by atoms with van der Waals surface area (Å²) in [7, 11) is -4.02. The maximum atomic E-state index is 13.3. The lowest BCUT2D eigenvalue weighted by atomic mass is 9.99. The minimum absolute atomic E-state index is 0.0467. The highest BCUT2D eigenvalue weighted by Crippen LogP contribution is 2.33. The summed E-state index contributed by atoms with van der Waals surface area (Å²) in [6.07, 6.45) is -0.377. The largest absolute Gasteiger partial charge is 0.416 e. The van der Waals surface area contributed by atoms with Crippen LogP contribution in [0.5, 0.6) is 0 Å². The quantitative estimate of drug-likeness (QED) is 0.475. The first-order valence-corrected chi connectivity index (χ1v) is 10.9. The smallest absolute Gasteiger partial charge is 0.266 e. The Morgan fingerprint density at radius 1 is 0.935 bits per heavy atom. The molecule has 0 saturated heterocycles. The van der Waals surface area contributed by atoms with Gasteiger partial charge in [0.15, 0.2) is 0 Å². The summed E-state index contributed by atoms with van der Waals surface area (Å²) in [5, 5.41) is 0. The molecule has 0 unspecified atom stereocenters. The lowest BCUT2D eigenvalue weighted by Gasteiger charge is -2.24. The molecule has 0 radical (unpaired) electrons. The SMILES string of the molecule is O=S(=O)(CCF)N(Cc1cncnc1)c1cccc(Cc2ccccc2C(F)(F)F)c1. The third kappa shape index (κ3) is 5.78. The highest BCUT2D eigenvalue weighted by molar-refractivity contribution is 7.92. The zero-order valence-electron chi connectivity index (χ0n) is 16.3. The first kappa shape index (κ1) is 22.7. The average Bonchev–Trinajstić information content (AvgIpc) is 2.72. The van der Waals surface area contributed by atoms with Gasteiger partial charge in [0.05, 0.1) is 23.5 Å². The summed E-state index contributed by atoms with van der Waals surface area (Å²) in [5.41, 5.74) is 0.515. The van der Waals surface area contributed by atoms with Crippen molar-refractivity contribution in [1.29, 1.82) is 0 Å². The molecule has 2 aromatic carbocycles. The topological polar surface area (TPSA) is 63.2 Å². The van der Waals surface area contributed by atoms with Crippen LogP contribution in [-0.2, 0) is 29.2 Å². The predicted molar refractivity (Wildman–Crippen MR) is 109 cm³/mol. The van der Waals surface area contributed by atoms with Gasteiger partial charge in [0.2, 0.25) is 10.0 Å². The van der Waals surface area contributed by atoms with Crippen LogP contribution in [0.4, 0.5) is 23.2 Å². The highest BCUT2D eigenvalue weighted by Gasteiger charge is 2.32. The Morgan fingerprint density at radius 2 is 1.65 bits per heavy atom. The molecule has 5 nitrogen and oxygen atoms in total. The standard InChI is InChI=1S/C21H19F4N3O2S/c22-8-9-31(29,30)28(14-17-12-26-15-27-13-17)19-6-3-4-16(11-19)10-18-5-1-2-7-20(18)21(23,24)25/h1-7,11-13,15H,8-10,14H2. The maximum absolute atomic E-state index is 13.3. The van der Waals surface area contributed by atoms with Crippen LogP contribution in [0.1, 0.15) is 22.3 Å². The second-order valence-corrected chi connectivity index (χ2v) is 8.77. The number of hydrogen-bond donors (Lipinski definition) is 0. The van der Waals surface area contributed by atoms with Gasteiger partial charge in [-0.3, -0.25) is 4.31 Å². The number of nitrogens with zero attached hydrogens (tertiary/aromatic N) is 3. The molecule has 0 aliphatic heterocycles. The molecule has 31 heavy (non-hydrogen) atoms. The number of benzene rings is 2. The van der Waals surface area contributed by atoms with E-state index in [4.69, 9.17) is 0 Å². The van der Waals surface area contributed by atoms with Crippen LogP contribution in [0.15, 0.2) is 67.3 Å². The number of alkyl halides is 4. The summed E-state index contributed by atoms with van der Waals surface area (Å²) in [5.74, 6) is -0.720. The van der Waals surface area contributed by atoms with E-state index in [0.717, 1.165) is 10.4 Å². The van der Waals surface area contributed by atoms with E-state index >= 15 is 0 Å². The predicted octanol–water partition coefficient (Wildman–Crippen LogP) is 4.39. The van der Waals surface area contributed by atoms with E-state index in [-0.39, 0.29) is 24.2 Å². The summed E-state index contributed by atoms with van der Waals surface area (Å²) in [6, 6.07) is 11.4. The van der Waals surface area contributed by atoms with Gasteiger partial charge in [0.25, 0.3) is 0 Å². The fourth-order valence-corrected chi connectivity index (χ4v) is 4.32. The molecule has 10 heteroatoms. The number of hydrogen-bond acceptors (Lipinski definition) is 4. The Hall–Kier alpha value is -3.01. The maximum Gasteiger partial charge on any atom is 0.416 e. The van der Waals surface area contributed by atoms with Crippen molar-refractivity contribution in [1.82, 2.24) is 9.97 Å². The van der Waals surface area contributed by atoms with Gasteiger partial charge in [-0.2, -0.15) is 13.2 Å². The minimum atomic E-state index is -4.50. The third-order valence-corrected chi connectivity index (χ3v) is 6.21. The van der Waals surface area contributed by atoms with Crippen molar-refractivity contribution in [3.05, 3.63) is 89.5 Å². The van der Waals surface area contributed by atoms with Crippen molar-refractivity contribution in [2.75, 3.05) is 16.7 Å². The fraction of sp³-hybridized carbons (Fsp3) is 0.238. The molecule has 0 amide bonds. The normalized spacial score (nSPS) is 12.0. The molecule has 0 N–H and O–H groups in total. The minimum Gasteiger partial charge on any atom is -0.266 e. The highest BCUT2D eigenvalue weighted by atomic mass is 32.2. The van der Waals surface area contributed by atoms with Crippen molar-refractivity contribution in [3.63, 3.8) is 0 Å². The Balaban J connectivity index is 1.97. The van der Waals surface area contributed by atoms with Crippen LogP contribution in [0, 0.1) is 0 Å². The van der Waals surface area contributed by atoms with Gasteiger partial charge in [-0.15, -0.1) is 0 Å². The van der Waals surface area contributed by atoms with Gasteiger partial charge in [-0.05, 0) is 35.7 Å². The van der Waals surface area contributed by atoms with E-state index < -0.39 is 34.2 Å². The molecule has 0 spiro atoms. The number of halogens is 4. The second-order valence-electron chi connectivity index (χ2n) is 6.76. The molecular formula is C21H19F4N3O2S. The summed E-state index contributed by atoms with van der Waals surface area (Å²) >= 11 is 0. The Labute approximate surface area is 177 Å². The third-order valence-electron chi connectivity index (χ3n) is 4.53. The molecule has 0 bridgehead atoms. The lowest BCUT2D eigenvalue weighted by molar-refractivity contribution is -0.138. The van der Waals surface area contributed by atoms with Crippen molar-refractivity contribution >= 4 is 15.7 Å². The van der Waals surface area contributed by atoms with Crippen molar-refractivity contribution < 1.29 is 26.0 Å². The molecular weight excluding hydrogens is 434 g/mol. The Bertz CT molecular complexity index is 1120. The zero-order chi connectivity index (χ0) is 22.5. The van der Waals surface area contributed by atoms with Crippen LogP contribution in [0.25, 0.3) is 0 Å². The van der Waals surface area contributed by atoms with E-state index in [1.165, 1.54) is 49.1 Å². The number of rotatable bonds is 8. The Kier molecular flexibility index (Phi) is 6.89. The zero-order valence-corrected chi connectivity index (χ0v) is 17.1. The fourth-order valence-electron chi connectivity index (χ4n) is 3.13. The van der Waals surface area contributed by atoms with Gasteiger partial charge in [-0.1, -0.05) is 30.3 Å². The number of sulfonamides is 1. The Morgan fingerprint density at radius 3 is 2.32 bits per heavy atom. The summed E-state index contributed by atoms with van der Waals surface area (Å²) in [4.78, 5) is 7.70. The van der Waals surface area contributed by atoms with E-state index in [9.17, 15) is 26.0 Å². The molecule has 0 saturated carbocycles. The monoisotopic (exact) mass is 453 g/mol. The molecule has 164 valence electrons. The molecule has 0 fully saturated rings. The van der Waals surface area contributed by atoms with Crippen LogP contribution < -0.4 is 4.31 Å². The molecule has 3 rings (SSSR count). The second kappa shape index (κ2) is 9.42. The van der Waals surface area contributed by atoms with Gasteiger partial charge in [-0.25, -0.2) is 22.8 Å². The van der Waals surface area contributed by atoms with Crippen LogP contribution >= 0.6 is 0 Å². The molecule has 0 atom stereocenters. The first-order chi connectivity index (χ1) is 14.7. The average molecular weight is 453 g/mol. The summed E-state index contributed by atoms with van der Waals surface area (Å²) < 4.78 is 79.2. The van der Waals surface area contributed by atoms with Gasteiger partial charge in [0, 0.05) is 18.0 Å². The molecule has 1 aromatic heterocycles. The van der Waals surface area contributed by atoms with Crippen LogP contribution in [0.3, 0.4) is 0 Å². The van der Waals surface area contributed by atoms with E-state index in [1.807, 2.05) is 0 Å². The summed E-state index contributed by atoms with van der Waals surface area (Å²) in [6.45, 7) is -1.20. The van der Waals surface area contributed by atoms with E-state index in [0.29, 0.717) is 11.1 Å². The van der Waals surface area contributed by atoms with Gasteiger partial charge in [0.1, 0.15) is 13.0 Å². The number of aromatic nitrogens is 2. The van der Waals surface area contributed by atoms with Crippen molar-refractivity contribution in [2.24, 2.45) is 0 Å².